The largest absolute Gasteiger partial charge is 0.393 e. The number of carbonyl (C=O) groups excluding carboxylic acids is 1. The Hall–Kier alpha value is -1.42. The average molecular weight is 250 g/mol. The van der Waals surface area contributed by atoms with E-state index in [1.165, 1.54) is 0 Å². The smallest absolute Gasteiger partial charge is 0.224 e. The first-order valence-electron chi connectivity index (χ1n) is 5.73. The van der Waals surface area contributed by atoms with E-state index in [1.807, 2.05) is 37.3 Å². The molecule has 0 aliphatic carbocycles. The van der Waals surface area contributed by atoms with E-state index < -0.39 is 0 Å². The van der Waals surface area contributed by atoms with Gasteiger partial charge in [-0.2, -0.15) is 0 Å². The minimum Gasteiger partial charge on any atom is -0.393 e. The van der Waals surface area contributed by atoms with Crippen LogP contribution in [0.15, 0.2) is 30.3 Å². The molecule has 0 bridgehead atoms. The van der Waals surface area contributed by atoms with Crippen molar-refractivity contribution >= 4 is 23.1 Å². The Morgan fingerprint density at radius 2 is 2.06 bits per heavy atom. The predicted octanol–water partition coefficient (Wildman–Crippen LogP) is 1.80. The van der Waals surface area contributed by atoms with Gasteiger partial charge in [-0.1, -0.05) is 49.5 Å². The predicted molar refractivity (Wildman–Crippen MR) is 73.8 cm³/mol. The van der Waals surface area contributed by atoms with Crippen molar-refractivity contribution in [1.29, 1.82) is 0 Å². The van der Waals surface area contributed by atoms with E-state index in [0.29, 0.717) is 17.8 Å². The van der Waals surface area contributed by atoms with Crippen LogP contribution in [0.1, 0.15) is 25.3 Å². The highest BCUT2D eigenvalue weighted by molar-refractivity contribution is 7.80. The van der Waals surface area contributed by atoms with Gasteiger partial charge in [0.15, 0.2) is 0 Å². The molecule has 1 aromatic carbocycles. The molecule has 0 spiro atoms. The number of rotatable bonds is 6. The Balaban J connectivity index is 2.45. The van der Waals surface area contributed by atoms with Crippen molar-refractivity contribution in [2.45, 2.75) is 32.2 Å². The topological polar surface area (TPSA) is 55.1 Å². The Bertz CT molecular complexity index is 378. The first-order valence-corrected chi connectivity index (χ1v) is 6.14. The first-order chi connectivity index (χ1) is 8.11. The molecule has 1 unspecified atom stereocenters. The molecule has 0 aromatic heterocycles. The van der Waals surface area contributed by atoms with Crippen molar-refractivity contribution in [3.63, 3.8) is 0 Å². The molecule has 3 nitrogen and oxygen atoms in total. The zero-order valence-electron chi connectivity index (χ0n) is 9.98. The summed E-state index contributed by atoms with van der Waals surface area (Å²) in [6.45, 7) is 2.01. The number of amides is 1. The third-order valence-electron chi connectivity index (χ3n) is 2.51. The highest BCUT2D eigenvalue weighted by atomic mass is 32.1. The standard InChI is InChI=1S/C13H18N2OS/c1-2-11(9-12(14)17)15-13(16)8-10-6-4-3-5-7-10/h3-7,11H,2,8-9H2,1H3,(H2,14,17)(H,15,16). The summed E-state index contributed by atoms with van der Waals surface area (Å²) >= 11 is 4.85. The molecule has 0 fully saturated rings. The summed E-state index contributed by atoms with van der Waals surface area (Å²) in [5, 5.41) is 2.94. The molecule has 0 radical (unpaired) electrons. The van der Waals surface area contributed by atoms with Gasteiger partial charge < -0.3 is 11.1 Å². The number of hydrogen-bond donors (Lipinski definition) is 2. The number of benzene rings is 1. The molecular weight excluding hydrogens is 232 g/mol. The van der Waals surface area contributed by atoms with Gasteiger partial charge in [-0.15, -0.1) is 0 Å². The van der Waals surface area contributed by atoms with Crippen molar-refractivity contribution in [1.82, 2.24) is 5.32 Å². The van der Waals surface area contributed by atoms with Crippen LogP contribution in [0.4, 0.5) is 0 Å². The van der Waals surface area contributed by atoms with Crippen LogP contribution in [0.2, 0.25) is 0 Å². The molecule has 0 aliphatic rings. The van der Waals surface area contributed by atoms with Crippen LogP contribution >= 0.6 is 12.2 Å². The Morgan fingerprint density at radius 1 is 1.41 bits per heavy atom. The summed E-state index contributed by atoms with van der Waals surface area (Å²) in [5.41, 5.74) is 6.49. The molecule has 1 aromatic rings. The molecule has 1 amide bonds. The Morgan fingerprint density at radius 3 is 2.59 bits per heavy atom. The molecule has 4 heteroatoms. The minimum absolute atomic E-state index is 0.0132. The van der Waals surface area contributed by atoms with Crippen molar-refractivity contribution in [2.24, 2.45) is 5.73 Å². The van der Waals surface area contributed by atoms with E-state index >= 15 is 0 Å². The van der Waals surface area contributed by atoms with E-state index in [1.54, 1.807) is 0 Å². The van der Waals surface area contributed by atoms with Gasteiger partial charge in [0, 0.05) is 12.5 Å². The van der Waals surface area contributed by atoms with Gasteiger partial charge in [-0.25, -0.2) is 0 Å². The van der Waals surface area contributed by atoms with Crippen molar-refractivity contribution in [3.05, 3.63) is 35.9 Å². The second-order valence-electron chi connectivity index (χ2n) is 4.01. The molecule has 0 saturated carbocycles. The minimum atomic E-state index is 0.0132. The van der Waals surface area contributed by atoms with Crippen LogP contribution in [0.3, 0.4) is 0 Å². The van der Waals surface area contributed by atoms with Crippen molar-refractivity contribution < 1.29 is 4.79 Å². The van der Waals surface area contributed by atoms with E-state index in [-0.39, 0.29) is 11.9 Å². The van der Waals surface area contributed by atoms with Gasteiger partial charge in [0.05, 0.1) is 11.4 Å². The fourth-order valence-corrected chi connectivity index (χ4v) is 1.80. The number of thiocarbonyl (C=S) groups is 1. The Labute approximate surface area is 107 Å². The fourth-order valence-electron chi connectivity index (χ4n) is 1.60. The number of carbonyl (C=O) groups is 1. The summed E-state index contributed by atoms with van der Waals surface area (Å²) < 4.78 is 0. The second-order valence-corrected chi connectivity index (χ2v) is 4.53. The lowest BCUT2D eigenvalue weighted by Crippen LogP contribution is -2.37. The van der Waals surface area contributed by atoms with Crippen LogP contribution in [0, 0.1) is 0 Å². The Kier molecular flexibility index (Phi) is 5.63. The molecule has 3 N–H and O–H groups in total. The summed E-state index contributed by atoms with van der Waals surface area (Å²) in [6, 6.07) is 9.71. The van der Waals surface area contributed by atoms with Gasteiger partial charge >= 0.3 is 0 Å². The molecule has 17 heavy (non-hydrogen) atoms. The second kappa shape index (κ2) is 7.01. The quantitative estimate of drug-likeness (QED) is 0.757. The lowest BCUT2D eigenvalue weighted by atomic mass is 10.1. The van der Waals surface area contributed by atoms with E-state index in [4.69, 9.17) is 18.0 Å². The lowest BCUT2D eigenvalue weighted by Gasteiger charge is -2.16. The van der Waals surface area contributed by atoms with Crippen LogP contribution in [0.25, 0.3) is 0 Å². The summed E-state index contributed by atoms with van der Waals surface area (Å²) in [4.78, 5) is 12.2. The van der Waals surface area contributed by atoms with Gasteiger partial charge in [-0.3, -0.25) is 4.79 Å². The van der Waals surface area contributed by atoms with Crippen LogP contribution in [-0.4, -0.2) is 16.9 Å². The van der Waals surface area contributed by atoms with E-state index in [9.17, 15) is 4.79 Å². The fraction of sp³-hybridized carbons (Fsp3) is 0.385. The van der Waals surface area contributed by atoms with Crippen LogP contribution in [-0.2, 0) is 11.2 Å². The maximum Gasteiger partial charge on any atom is 0.224 e. The maximum absolute atomic E-state index is 11.8. The molecule has 92 valence electrons. The summed E-state index contributed by atoms with van der Waals surface area (Å²) in [6.07, 6.45) is 1.79. The van der Waals surface area contributed by atoms with Crippen LogP contribution < -0.4 is 11.1 Å². The van der Waals surface area contributed by atoms with Crippen molar-refractivity contribution in [2.75, 3.05) is 0 Å². The zero-order valence-corrected chi connectivity index (χ0v) is 10.8. The monoisotopic (exact) mass is 250 g/mol. The third-order valence-corrected chi connectivity index (χ3v) is 2.68. The molecule has 1 rings (SSSR count). The molecule has 0 heterocycles. The van der Waals surface area contributed by atoms with Gasteiger partial charge in [0.1, 0.15) is 0 Å². The van der Waals surface area contributed by atoms with Gasteiger partial charge in [-0.05, 0) is 12.0 Å². The lowest BCUT2D eigenvalue weighted by molar-refractivity contribution is -0.121. The highest BCUT2D eigenvalue weighted by Crippen LogP contribution is 2.02. The average Bonchev–Trinajstić information content (AvgIpc) is 2.28. The van der Waals surface area contributed by atoms with Crippen molar-refractivity contribution in [3.8, 4) is 0 Å². The zero-order chi connectivity index (χ0) is 12.7. The number of hydrogen-bond acceptors (Lipinski definition) is 2. The number of nitrogens with one attached hydrogen (secondary N) is 1. The van der Waals surface area contributed by atoms with Gasteiger partial charge in [0.2, 0.25) is 5.91 Å². The molecular formula is C13H18N2OS. The number of nitrogens with two attached hydrogens (primary N) is 1. The molecule has 0 aliphatic heterocycles. The first kappa shape index (κ1) is 13.6. The maximum atomic E-state index is 11.8. The molecule has 1 atom stereocenters. The SMILES string of the molecule is CCC(CC(N)=S)NC(=O)Cc1ccccc1. The van der Waals surface area contributed by atoms with Crippen LogP contribution in [0.5, 0.6) is 0 Å². The summed E-state index contributed by atoms with van der Waals surface area (Å²) in [5.74, 6) is 0.0132. The van der Waals surface area contributed by atoms with Gasteiger partial charge in [0.25, 0.3) is 0 Å². The van der Waals surface area contributed by atoms with E-state index in [2.05, 4.69) is 5.32 Å². The molecule has 0 saturated heterocycles. The highest BCUT2D eigenvalue weighted by Gasteiger charge is 2.11. The normalized spacial score (nSPS) is 11.8. The summed E-state index contributed by atoms with van der Waals surface area (Å²) in [7, 11) is 0. The third kappa shape index (κ3) is 5.45. The van der Waals surface area contributed by atoms with E-state index in [0.717, 1.165) is 12.0 Å².